The van der Waals surface area contributed by atoms with E-state index in [0.717, 1.165) is 13.0 Å². The highest BCUT2D eigenvalue weighted by Gasteiger charge is 2.19. The standard InChI is InChI=1S/C19H19NO2/c1-2-6-15(7-3-1)13-20-14-16(12-19-21-10-11-22-19)17-8-4-5-9-18(17)20/h1-9,14,19H,10-13H2. The SMILES string of the molecule is c1ccc(Cn2cc(CC3OCCO3)c3ccccc32)cc1. The van der Waals surface area contributed by atoms with Gasteiger partial charge in [0.1, 0.15) is 0 Å². The number of rotatable bonds is 4. The predicted molar refractivity (Wildman–Crippen MR) is 86.9 cm³/mol. The first-order chi connectivity index (χ1) is 10.9. The molecule has 112 valence electrons. The van der Waals surface area contributed by atoms with E-state index in [0.29, 0.717) is 13.2 Å². The van der Waals surface area contributed by atoms with Gasteiger partial charge in [-0.05, 0) is 17.2 Å². The lowest BCUT2D eigenvalue weighted by Gasteiger charge is -2.07. The van der Waals surface area contributed by atoms with Gasteiger partial charge in [-0.15, -0.1) is 0 Å². The van der Waals surface area contributed by atoms with Crippen molar-refractivity contribution in [2.45, 2.75) is 19.3 Å². The molecule has 1 aliphatic rings. The van der Waals surface area contributed by atoms with E-state index < -0.39 is 0 Å². The Labute approximate surface area is 130 Å². The molecule has 0 unspecified atom stereocenters. The molecule has 1 fully saturated rings. The quantitative estimate of drug-likeness (QED) is 0.733. The Bertz CT molecular complexity index is 757. The molecular formula is C19H19NO2. The summed E-state index contributed by atoms with van der Waals surface area (Å²) >= 11 is 0. The second kappa shape index (κ2) is 5.95. The van der Waals surface area contributed by atoms with Gasteiger partial charge >= 0.3 is 0 Å². The maximum atomic E-state index is 5.60. The summed E-state index contributed by atoms with van der Waals surface area (Å²) in [6.07, 6.45) is 2.95. The van der Waals surface area contributed by atoms with Gasteiger partial charge in [0.2, 0.25) is 0 Å². The molecule has 0 bridgehead atoms. The number of aromatic nitrogens is 1. The third-order valence-corrected chi connectivity index (χ3v) is 4.14. The molecule has 22 heavy (non-hydrogen) atoms. The lowest BCUT2D eigenvalue weighted by Crippen LogP contribution is -2.10. The number of benzene rings is 2. The molecule has 3 heteroatoms. The van der Waals surface area contributed by atoms with Crippen LogP contribution in [-0.2, 0) is 22.4 Å². The molecule has 2 aromatic carbocycles. The molecule has 0 amide bonds. The van der Waals surface area contributed by atoms with E-state index in [4.69, 9.17) is 9.47 Å². The van der Waals surface area contributed by atoms with E-state index in [9.17, 15) is 0 Å². The molecule has 0 aliphatic carbocycles. The number of hydrogen-bond donors (Lipinski definition) is 0. The normalized spacial score (nSPS) is 15.6. The highest BCUT2D eigenvalue weighted by Crippen LogP contribution is 2.25. The third-order valence-electron chi connectivity index (χ3n) is 4.14. The largest absolute Gasteiger partial charge is 0.350 e. The molecular weight excluding hydrogens is 274 g/mol. The topological polar surface area (TPSA) is 23.4 Å². The highest BCUT2D eigenvalue weighted by molar-refractivity contribution is 5.84. The van der Waals surface area contributed by atoms with Crippen LogP contribution >= 0.6 is 0 Å². The zero-order valence-electron chi connectivity index (χ0n) is 12.4. The Morgan fingerprint density at radius 1 is 0.909 bits per heavy atom. The van der Waals surface area contributed by atoms with E-state index in [1.165, 1.54) is 22.0 Å². The third kappa shape index (κ3) is 2.65. The minimum atomic E-state index is -0.101. The fourth-order valence-electron chi connectivity index (χ4n) is 3.10. The highest BCUT2D eigenvalue weighted by atomic mass is 16.7. The molecule has 3 aromatic rings. The summed E-state index contributed by atoms with van der Waals surface area (Å²) in [5.41, 5.74) is 3.86. The van der Waals surface area contributed by atoms with Crippen molar-refractivity contribution in [1.29, 1.82) is 0 Å². The molecule has 0 spiro atoms. The minimum absolute atomic E-state index is 0.101. The van der Waals surface area contributed by atoms with E-state index in [2.05, 4.69) is 65.4 Å². The molecule has 1 saturated heterocycles. The van der Waals surface area contributed by atoms with Crippen molar-refractivity contribution in [3.8, 4) is 0 Å². The van der Waals surface area contributed by atoms with E-state index >= 15 is 0 Å². The maximum Gasteiger partial charge on any atom is 0.161 e. The summed E-state index contributed by atoms with van der Waals surface area (Å²) in [5, 5.41) is 1.29. The summed E-state index contributed by atoms with van der Waals surface area (Å²) in [5.74, 6) is 0. The average molecular weight is 293 g/mol. The summed E-state index contributed by atoms with van der Waals surface area (Å²) in [6.45, 7) is 2.29. The molecule has 0 N–H and O–H groups in total. The first kappa shape index (κ1) is 13.6. The van der Waals surface area contributed by atoms with Crippen molar-refractivity contribution in [3.63, 3.8) is 0 Å². The number of hydrogen-bond acceptors (Lipinski definition) is 2. The Hall–Kier alpha value is -2.10. The van der Waals surface area contributed by atoms with Gasteiger partial charge < -0.3 is 14.0 Å². The summed E-state index contributed by atoms with van der Waals surface area (Å²) in [7, 11) is 0. The van der Waals surface area contributed by atoms with E-state index in [1.54, 1.807) is 0 Å². The number of para-hydroxylation sites is 1. The fraction of sp³-hybridized carbons (Fsp3) is 0.263. The number of fused-ring (bicyclic) bond motifs is 1. The monoisotopic (exact) mass is 293 g/mol. The Morgan fingerprint density at radius 3 is 2.45 bits per heavy atom. The van der Waals surface area contributed by atoms with Crippen LogP contribution in [0.4, 0.5) is 0 Å². The summed E-state index contributed by atoms with van der Waals surface area (Å²) in [4.78, 5) is 0. The Morgan fingerprint density at radius 2 is 1.64 bits per heavy atom. The number of nitrogens with zero attached hydrogens (tertiary/aromatic N) is 1. The molecule has 1 aromatic heterocycles. The van der Waals surface area contributed by atoms with Gasteiger partial charge in [0.15, 0.2) is 6.29 Å². The van der Waals surface area contributed by atoms with Gasteiger partial charge in [0.25, 0.3) is 0 Å². The zero-order valence-corrected chi connectivity index (χ0v) is 12.4. The minimum Gasteiger partial charge on any atom is -0.350 e. The van der Waals surface area contributed by atoms with Crippen LogP contribution in [0.25, 0.3) is 10.9 Å². The average Bonchev–Trinajstić information content (AvgIpc) is 3.18. The second-order valence-electron chi connectivity index (χ2n) is 5.66. The van der Waals surface area contributed by atoms with Gasteiger partial charge in [-0.3, -0.25) is 0 Å². The van der Waals surface area contributed by atoms with Crippen molar-refractivity contribution >= 4 is 10.9 Å². The van der Waals surface area contributed by atoms with Gasteiger partial charge in [0.05, 0.1) is 13.2 Å². The lowest BCUT2D eigenvalue weighted by atomic mass is 10.1. The maximum absolute atomic E-state index is 5.60. The second-order valence-corrected chi connectivity index (χ2v) is 5.66. The summed E-state index contributed by atoms with van der Waals surface area (Å²) in [6, 6.07) is 19.1. The molecule has 0 saturated carbocycles. The first-order valence-corrected chi connectivity index (χ1v) is 7.74. The molecule has 3 nitrogen and oxygen atoms in total. The van der Waals surface area contributed by atoms with E-state index in [1.807, 2.05) is 0 Å². The van der Waals surface area contributed by atoms with Crippen LogP contribution in [-0.4, -0.2) is 24.1 Å². The van der Waals surface area contributed by atoms with Crippen LogP contribution in [0.15, 0.2) is 60.8 Å². The fourth-order valence-corrected chi connectivity index (χ4v) is 3.10. The van der Waals surface area contributed by atoms with Crippen molar-refractivity contribution in [1.82, 2.24) is 4.57 Å². The Balaban J connectivity index is 1.69. The van der Waals surface area contributed by atoms with Crippen LogP contribution in [0, 0.1) is 0 Å². The van der Waals surface area contributed by atoms with Crippen LogP contribution in [0.5, 0.6) is 0 Å². The van der Waals surface area contributed by atoms with Crippen molar-refractivity contribution in [2.24, 2.45) is 0 Å². The van der Waals surface area contributed by atoms with Crippen LogP contribution in [0.2, 0.25) is 0 Å². The van der Waals surface area contributed by atoms with Gasteiger partial charge in [-0.1, -0.05) is 48.5 Å². The van der Waals surface area contributed by atoms with Crippen LogP contribution < -0.4 is 0 Å². The molecule has 0 radical (unpaired) electrons. The zero-order chi connectivity index (χ0) is 14.8. The van der Waals surface area contributed by atoms with Crippen molar-refractivity contribution in [3.05, 3.63) is 71.9 Å². The van der Waals surface area contributed by atoms with Crippen molar-refractivity contribution < 1.29 is 9.47 Å². The van der Waals surface area contributed by atoms with Crippen LogP contribution in [0.1, 0.15) is 11.1 Å². The lowest BCUT2D eigenvalue weighted by molar-refractivity contribution is -0.0398. The first-order valence-electron chi connectivity index (χ1n) is 7.74. The van der Waals surface area contributed by atoms with Gasteiger partial charge in [-0.2, -0.15) is 0 Å². The van der Waals surface area contributed by atoms with Crippen molar-refractivity contribution in [2.75, 3.05) is 13.2 Å². The molecule has 4 rings (SSSR count). The molecule has 1 aliphatic heterocycles. The smallest absolute Gasteiger partial charge is 0.161 e. The van der Waals surface area contributed by atoms with Gasteiger partial charge in [-0.25, -0.2) is 0 Å². The Kier molecular flexibility index (Phi) is 3.67. The molecule has 2 heterocycles. The number of ether oxygens (including phenoxy) is 2. The van der Waals surface area contributed by atoms with Crippen LogP contribution in [0.3, 0.4) is 0 Å². The predicted octanol–water partition coefficient (Wildman–Crippen LogP) is 3.61. The van der Waals surface area contributed by atoms with Gasteiger partial charge in [0, 0.05) is 30.1 Å². The van der Waals surface area contributed by atoms with E-state index in [-0.39, 0.29) is 6.29 Å². The molecule has 0 atom stereocenters. The summed E-state index contributed by atoms with van der Waals surface area (Å²) < 4.78 is 13.5.